The zero-order valence-electron chi connectivity index (χ0n) is 8.94. The minimum Gasteiger partial charge on any atom is -0.460 e. The third kappa shape index (κ3) is 3.12. The first kappa shape index (κ1) is 10.8. The highest BCUT2D eigenvalue weighted by atomic mass is 16.3. The first-order valence-electron chi connectivity index (χ1n) is 5.01. The van der Waals surface area contributed by atoms with Crippen molar-refractivity contribution in [2.45, 2.75) is 0 Å². The van der Waals surface area contributed by atoms with E-state index in [1.54, 1.807) is 12.1 Å². The van der Waals surface area contributed by atoms with Crippen molar-refractivity contribution in [3.05, 3.63) is 60.1 Å². The van der Waals surface area contributed by atoms with Gasteiger partial charge in [0.15, 0.2) is 5.76 Å². The molecule has 0 N–H and O–H groups in total. The van der Waals surface area contributed by atoms with Crippen LogP contribution in [0.2, 0.25) is 0 Å². The zero-order chi connectivity index (χ0) is 11.9. The number of hydrogen-bond acceptors (Lipinski definition) is 2. The molecule has 2 nitrogen and oxygen atoms in total. The van der Waals surface area contributed by atoms with Gasteiger partial charge in [-0.3, -0.25) is 4.79 Å². The molecule has 0 fully saturated rings. The molecule has 2 rings (SSSR count). The Bertz CT molecular complexity index is 614. The average molecular weight is 220 g/mol. The van der Waals surface area contributed by atoms with Crippen LogP contribution in [0.3, 0.4) is 0 Å². The fourth-order valence-electron chi connectivity index (χ4n) is 1.18. The van der Waals surface area contributed by atoms with Gasteiger partial charge in [0, 0.05) is 5.56 Å². The van der Waals surface area contributed by atoms with E-state index in [9.17, 15) is 4.79 Å². The normalized spacial score (nSPS) is 8.47. The summed E-state index contributed by atoms with van der Waals surface area (Å²) in [5.41, 5.74) is 0.868. The smallest absolute Gasteiger partial charge is 0.272 e. The monoisotopic (exact) mass is 220 g/mol. The topological polar surface area (TPSA) is 30.2 Å². The lowest BCUT2D eigenvalue weighted by molar-refractivity contribution is 0.103. The van der Waals surface area contributed by atoms with E-state index < -0.39 is 0 Å². The Labute approximate surface area is 99.3 Å². The van der Waals surface area contributed by atoms with Gasteiger partial charge in [-0.1, -0.05) is 24.1 Å². The molecule has 0 spiro atoms. The van der Waals surface area contributed by atoms with Gasteiger partial charge in [0.05, 0.1) is 6.26 Å². The second kappa shape index (κ2) is 5.39. The fraction of sp³-hybridized carbons (Fsp3) is 0. The molecule has 80 valence electrons. The second-order valence-electron chi connectivity index (χ2n) is 3.17. The van der Waals surface area contributed by atoms with Crippen LogP contribution in [0.25, 0.3) is 0 Å². The van der Waals surface area contributed by atoms with Gasteiger partial charge in [-0.15, -0.1) is 0 Å². The van der Waals surface area contributed by atoms with Crippen LogP contribution >= 0.6 is 0 Å². The van der Waals surface area contributed by atoms with E-state index in [0.29, 0.717) is 0 Å². The Hall–Kier alpha value is -2.71. The molecule has 0 amide bonds. The van der Waals surface area contributed by atoms with Crippen LogP contribution in [0, 0.1) is 23.7 Å². The van der Waals surface area contributed by atoms with Gasteiger partial charge in [-0.2, -0.15) is 0 Å². The van der Waals surface area contributed by atoms with Crippen molar-refractivity contribution in [1.82, 2.24) is 0 Å². The summed E-state index contributed by atoms with van der Waals surface area (Å²) in [6, 6.07) is 12.7. The van der Waals surface area contributed by atoms with Gasteiger partial charge in [0.2, 0.25) is 0 Å². The van der Waals surface area contributed by atoms with Crippen LogP contribution in [-0.2, 0) is 0 Å². The molecule has 0 radical (unpaired) electrons. The molecule has 0 bridgehead atoms. The first-order chi connectivity index (χ1) is 8.36. The zero-order valence-corrected chi connectivity index (χ0v) is 8.94. The summed E-state index contributed by atoms with van der Waals surface area (Å²) >= 11 is 0. The molecule has 1 aromatic carbocycles. The number of carbonyl (C=O) groups is 1. The van der Waals surface area contributed by atoms with E-state index in [1.807, 2.05) is 30.3 Å². The highest BCUT2D eigenvalue weighted by Crippen LogP contribution is 1.99. The van der Waals surface area contributed by atoms with Crippen molar-refractivity contribution in [2.24, 2.45) is 0 Å². The third-order valence-electron chi connectivity index (χ3n) is 1.96. The Morgan fingerprint density at radius 2 is 1.82 bits per heavy atom. The van der Waals surface area contributed by atoms with Gasteiger partial charge < -0.3 is 4.42 Å². The van der Waals surface area contributed by atoms with Crippen LogP contribution in [0.15, 0.2) is 53.1 Å². The van der Waals surface area contributed by atoms with Crippen molar-refractivity contribution in [2.75, 3.05) is 0 Å². The molecule has 17 heavy (non-hydrogen) atoms. The summed E-state index contributed by atoms with van der Waals surface area (Å²) in [6.07, 6.45) is 1.44. The lowest BCUT2D eigenvalue weighted by atomic mass is 10.2. The number of rotatable bonds is 1. The maximum absolute atomic E-state index is 11.4. The number of Topliss-reactive ketones (excluding diaryl/α,β-unsaturated/α-hetero) is 1. The minimum absolute atomic E-state index is 0.235. The Kier molecular flexibility index (Phi) is 3.43. The second-order valence-corrected chi connectivity index (χ2v) is 3.17. The lowest BCUT2D eigenvalue weighted by Crippen LogP contribution is -1.90. The number of ketones is 1. The van der Waals surface area contributed by atoms with Crippen LogP contribution in [0.4, 0.5) is 0 Å². The number of carbonyl (C=O) groups excluding carboxylic acids is 1. The molecule has 0 atom stereocenters. The molecule has 0 aliphatic heterocycles. The molecule has 0 saturated carbocycles. The molecule has 1 heterocycles. The molecule has 2 aromatic rings. The highest BCUT2D eigenvalue weighted by molar-refractivity contribution is 6.07. The van der Waals surface area contributed by atoms with E-state index in [1.165, 1.54) is 6.26 Å². The van der Waals surface area contributed by atoms with Crippen molar-refractivity contribution >= 4 is 5.78 Å². The van der Waals surface area contributed by atoms with Crippen molar-refractivity contribution in [3.8, 4) is 23.7 Å². The predicted molar refractivity (Wildman–Crippen MR) is 64.1 cm³/mol. The minimum atomic E-state index is -0.364. The van der Waals surface area contributed by atoms with Gasteiger partial charge in [-0.05, 0) is 42.0 Å². The standard InChI is InChI=1S/C15H8O2/c16-14(15-11-6-12-17-15)10-5-4-9-13-7-2-1-3-8-13/h1-3,6-8,11-12H. The SMILES string of the molecule is O=C(C#CC#Cc1ccccc1)c1ccco1. The largest absolute Gasteiger partial charge is 0.460 e. The lowest BCUT2D eigenvalue weighted by Gasteiger charge is -1.83. The van der Waals surface area contributed by atoms with E-state index in [-0.39, 0.29) is 11.5 Å². The van der Waals surface area contributed by atoms with Crippen LogP contribution in [-0.4, -0.2) is 5.78 Å². The van der Waals surface area contributed by atoms with Gasteiger partial charge in [-0.25, -0.2) is 0 Å². The summed E-state index contributed by atoms with van der Waals surface area (Å²) in [6.45, 7) is 0. The molecule has 0 aliphatic rings. The van der Waals surface area contributed by atoms with Crippen LogP contribution in [0.1, 0.15) is 16.1 Å². The Morgan fingerprint density at radius 3 is 2.53 bits per heavy atom. The summed E-state index contributed by atoms with van der Waals surface area (Å²) < 4.78 is 4.91. The van der Waals surface area contributed by atoms with E-state index >= 15 is 0 Å². The first-order valence-corrected chi connectivity index (χ1v) is 5.01. The van der Waals surface area contributed by atoms with Crippen LogP contribution in [0.5, 0.6) is 0 Å². The Morgan fingerprint density at radius 1 is 1.00 bits per heavy atom. The maximum Gasteiger partial charge on any atom is 0.272 e. The van der Waals surface area contributed by atoms with E-state index in [2.05, 4.69) is 23.7 Å². The van der Waals surface area contributed by atoms with Crippen molar-refractivity contribution in [1.29, 1.82) is 0 Å². The van der Waals surface area contributed by atoms with E-state index in [0.717, 1.165) is 5.56 Å². The molecule has 0 aliphatic carbocycles. The number of benzene rings is 1. The van der Waals surface area contributed by atoms with E-state index in [4.69, 9.17) is 4.42 Å². The van der Waals surface area contributed by atoms with Crippen molar-refractivity contribution in [3.63, 3.8) is 0 Å². The fourth-order valence-corrected chi connectivity index (χ4v) is 1.18. The summed E-state index contributed by atoms with van der Waals surface area (Å²) in [5, 5.41) is 0. The Balaban J connectivity index is 2.05. The highest BCUT2D eigenvalue weighted by Gasteiger charge is 2.02. The number of furan rings is 1. The molecule has 0 unspecified atom stereocenters. The average Bonchev–Trinajstić information content (AvgIpc) is 2.89. The maximum atomic E-state index is 11.4. The van der Waals surface area contributed by atoms with Crippen molar-refractivity contribution < 1.29 is 9.21 Å². The summed E-state index contributed by atoms with van der Waals surface area (Å²) in [5.74, 6) is 10.2. The number of hydrogen-bond donors (Lipinski definition) is 0. The summed E-state index contributed by atoms with van der Waals surface area (Å²) in [7, 11) is 0. The molecular formula is C15H8O2. The molecule has 0 saturated heterocycles. The van der Waals surface area contributed by atoms with Gasteiger partial charge >= 0.3 is 0 Å². The predicted octanol–water partition coefficient (Wildman–Crippen LogP) is 2.52. The van der Waals surface area contributed by atoms with Crippen LogP contribution < -0.4 is 0 Å². The third-order valence-corrected chi connectivity index (χ3v) is 1.96. The van der Waals surface area contributed by atoms with Gasteiger partial charge in [0.25, 0.3) is 5.78 Å². The molecular weight excluding hydrogens is 212 g/mol. The molecule has 2 heteroatoms. The quantitative estimate of drug-likeness (QED) is 0.420. The molecule has 1 aromatic heterocycles. The summed E-state index contributed by atoms with van der Waals surface area (Å²) in [4.78, 5) is 11.4. The van der Waals surface area contributed by atoms with Gasteiger partial charge in [0.1, 0.15) is 0 Å².